The summed E-state index contributed by atoms with van der Waals surface area (Å²) in [6.07, 6.45) is 1.18. The monoisotopic (exact) mass is 256 g/mol. The molecule has 0 aliphatic carbocycles. The van der Waals surface area contributed by atoms with Gasteiger partial charge in [-0.1, -0.05) is 12.1 Å². The Balaban J connectivity index is 1.92. The maximum absolute atomic E-state index is 5.28. The standard InChI is InChI=1S/C11H20N4OS/c1-3-6-17-8-10-13-11(14-16-10)9-7-12-4-5-15(9)2/h9,12H,3-8H2,1-2H3. The Kier molecular flexibility index (Phi) is 4.82. The predicted octanol–water partition coefficient (Wildman–Crippen LogP) is 1.29. The van der Waals surface area contributed by atoms with Crippen LogP contribution in [0.4, 0.5) is 0 Å². The highest BCUT2D eigenvalue weighted by atomic mass is 32.2. The van der Waals surface area contributed by atoms with Crippen molar-refractivity contribution in [2.45, 2.75) is 25.1 Å². The first-order valence-electron chi connectivity index (χ1n) is 6.12. The molecule has 0 saturated carbocycles. The van der Waals surface area contributed by atoms with Gasteiger partial charge in [0.1, 0.15) is 0 Å². The van der Waals surface area contributed by atoms with Gasteiger partial charge >= 0.3 is 0 Å². The number of hydrogen-bond donors (Lipinski definition) is 1. The molecule has 17 heavy (non-hydrogen) atoms. The third-order valence-corrected chi connectivity index (χ3v) is 4.01. The van der Waals surface area contributed by atoms with Gasteiger partial charge in [-0.15, -0.1) is 0 Å². The lowest BCUT2D eigenvalue weighted by Crippen LogP contribution is -2.44. The topological polar surface area (TPSA) is 54.2 Å². The molecule has 0 spiro atoms. The van der Waals surface area contributed by atoms with Crippen molar-refractivity contribution in [3.8, 4) is 0 Å². The van der Waals surface area contributed by atoms with Crippen molar-refractivity contribution in [1.82, 2.24) is 20.4 Å². The third-order valence-electron chi connectivity index (χ3n) is 2.87. The van der Waals surface area contributed by atoms with Gasteiger partial charge in [0.2, 0.25) is 5.89 Å². The Hall–Kier alpha value is -0.590. The van der Waals surface area contributed by atoms with Crippen molar-refractivity contribution in [2.75, 3.05) is 32.4 Å². The minimum atomic E-state index is 0.248. The quantitative estimate of drug-likeness (QED) is 0.801. The number of nitrogens with zero attached hydrogens (tertiary/aromatic N) is 3. The van der Waals surface area contributed by atoms with Gasteiger partial charge in [0.05, 0.1) is 11.8 Å². The van der Waals surface area contributed by atoms with E-state index in [0.29, 0.717) is 0 Å². The molecule has 1 aromatic heterocycles. The third kappa shape index (κ3) is 3.43. The molecular weight excluding hydrogens is 236 g/mol. The molecule has 1 N–H and O–H groups in total. The molecule has 1 unspecified atom stereocenters. The number of rotatable bonds is 5. The highest BCUT2D eigenvalue weighted by molar-refractivity contribution is 7.98. The average molecular weight is 256 g/mol. The van der Waals surface area contributed by atoms with Crippen molar-refractivity contribution >= 4 is 11.8 Å². The molecule has 1 aliphatic rings. The van der Waals surface area contributed by atoms with Gasteiger partial charge in [-0.25, -0.2) is 0 Å². The van der Waals surface area contributed by atoms with Crippen molar-refractivity contribution in [1.29, 1.82) is 0 Å². The maximum Gasteiger partial charge on any atom is 0.236 e. The molecule has 2 rings (SSSR count). The summed E-state index contributed by atoms with van der Waals surface area (Å²) in [4.78, 5) is 6.74. The van der Waals surface area contributed by atoms with Gasteiger partial charge < -0.3 is 9.84 Å². The van der Waals surface area contributed by atoms with Crippen molar-refractivity contribution in [3.63, 3.8) is 0 Å². The summed E-state index contributed by atoms with van der Waals surface area (Å²) in [7, 11) is 2.10. The summed E-state index contributed by atoms with van der Waals surface area (Å²) in [5, 5.41) is 7.44. The zero-order valence-corrected chi connectivity index (χ0v) is 11.3. The molecule has 0 bridgehead atoms. The molecule has 0 aromatic carbocycles. The molecular formula is C11H20N4OS. The van der Waals surface area contributed by atoms with Crippen LogP contribution in [-0.4, -0.2) is 47.5 Å². The van der Waals surface area contributed by atoms with E-state index in [2.05, 4.69) is 34.3 Å². The number of aromatic nitrogens is 2. The Labute approximate surface area is 106 Å². The van der Waals surface area contributed by atoms with Crippen LogP contribution in [0.2, 0.25) is 0 Å². The van der Waals surface area contributed by atoms with E-state index >= 15 is 0 Å². The number of piperazine rings is 1. The molecule has 96 valence electrons. The van der Waals surface area contributed by atoms with Crippen LogP contribution in [-0.2, 0) is 5.75 Å². The highest BCUT2D eigenvalue weighted by Crippen LogP contribution is 2.19. The van der Waals surface area contributed by atoms with E-state index in [1.54, 1.807) is 0 Å². The van der Waals surface area contributed by atoms with Crippen LogP contribution in [0.15, 0.2) is 4.52 Å². The van der Waals surface area contributed by atoms with E-state index in [1.807, 2.05) is 11.8 Å². The fourth-order valence-corrected chi connectivity index (χ4v) is 2.58. The average Bonchev–Trinajstić information content (AvgIpc) is 2.79. The van der Waals surface area contributed by atoms with E-state index in [9.17, 15) is 0 Å². The maximum atomic E-state index is 5.28. The van der Waals surface area contributed by atoms with Crippen LogP contribution in [0, 0.1) is 0 Å². The molecule has 1 aromatic rings. The Morgan fingerprint density at radius 1 is 1.59 bits per heavy atom. The zero-order valence-electron chi connectivity index (χ0n) is 10.5. The zero-order chi connectivity index (χ0) is 12.1. The first kappa shape index (κ1) is 12.9. The summed E-state index contributed by atoms with van der Waals surface area (Å²) in [6.45, 7) is 5.13. The second kappa shape index (κ2) is 6.37. The lowest BCUT2D eigenvalue weighted by Gasteiger charge is -2.30. The molecule has 5 nitrogen and oxygen atoms in total. The fourth-order valence-electron chi connectivity index (χ4n) is 1.86. The molecule has 2 heterocycles. The van der Waals surface area contributed by atoms with Crippen molar-refractivity contribution in [2.24, 2.45) is 0 Å². The Bertz CT molecular complexity index is 344. The van der Waals surface area contributed by atoms with Crippen LogP contribution in [0.3, 0.4) is 0 Å². The summed E-state index contributed by atoms with van der Waals surface area (Å²) in [6, 6.07) is 0.248. The van der Waals surface area contributed by atoms with Gasteiger partial charge in [-0.3, -0.25) is 4.90 Å². The molecule has 0 amide bonds. The molecule has 6 heteroatoms. The van der Waals surface area contributed by atoms with Gasteiger partial charge in [0.25, 0.3) is 0 Å². The summed E-state index contributed by atoms with van der Waals surface area (Å²) >= 11 is 1.84. The SMILES string of the molecule is CCCSCc1nc(C2CNCCN2C)no1. The van der Waals surface area contributed by atoms with Crippen LogP contribution < -0.4 is 5.32 Å². The lowest BCUT2D eigenvalue weighted by molar-refractivity contribution is 0.190. The number of nitrogens with one attached hydrogen (secondary N) is 1. The number of likely N-dealkylation sites (N-methyl/N-ethyl adjacent to an activating group) is 1. The molecule has 0 radical (unpaired) electrons. The molecule has 1 fully saturated rings. The minimum Gasteiger partial charge on any atom is -0.338 e. The first-order valence-corrected chi connectivity index (χ1v) is 7.28. The second-order valence-corrected chi connectivity index (χ2v) is 5.40. The fraction of sp³-hybridized carbons (Fsp3) is 0.818. The van der Waals surface area contributed by atoms with Gasteiger partial charge in [0.15, 0.2) is 5.82 Å². The van der Waals surface area contributed by atoms with E-state index in [-0.39, 0.29) is 6.04 Å². The smallest absolute Gasteiger partial charge is 0.236 e. The van der Waals surface area contributed by atoms with E-state index < -0.39 is 0 Å². The Morgan fingerprint density at radius 2 is 2.47 bits per heavy atom. The van der Waals surface area contributed by atoms with Gasteiger partial charge in [-0.05, 0) is 19.2 Å². The van der Waals surface area contributed by atoms with Crippen molar-refractivity contribution < 1.29 is 4.52 Å². The number of thioether (sulfide) groups is 1. The van der Waals surface area contributed by atoms with E-state index in [4.69, 9.17) is 4.52 Å². The van der Waals surface area contributed by atoms with Crippen molar-refractivity contribution in [3.05, 3.63) is 11.7 Å². The number of hydrogen-bond acceptors (Lipinski definition) is 6. The second-order valence-electron chi connectivity index (χ2n) is 4.30. The molecule has 1 aliphatic heterocycles. The highest BCUT2D eigenvalue weighted by Gasteiger charge is 2.24. The summed E-state index contributed by atoms with van der Waals surface area (Å²) in [5.41, 5.74) is 0. The van der Waals surface area contributed by atoms with Gasteiger partial charge in [0, 0.05) is 19.6 Å². The van der Waals surface area contributed by atoms with Crippen LogP contribution in [0.5, 0.6) is 0 Å². The first-order chi connectivity index (χ1) is 8.31. The molecule has 1 atom stereocenters. The summed E-state index contributed by atoms with van der Waals surface area (Å²) < 4.78 is 5.28. The van der Waals surface area contributed by atoms with E-state index in [1.165, 1.54) is 6.42 Å². The molecule has 1 saturated heterocycles. The minimum absolute atomic E-state index is 0.248. The Morgan fingerprint density at radius 3 is 3.24 bits per heavy atom. The van der Waals surface area contributed by atoms with Crippen LogP contribution in [0.25, 0.3) is 0 Å². The van der Waals surface area contributed by atoms with E-state index in [0.717, 1.165) is 42.9 Å². The normalized spacial score (nSPS) is 21.9. The largest absolute Gasteiger partial charge is 0.338 e. The summed E-state index contributed by atoms with van der Waals surface area (Å²) in [5.74, 6) is 3.53. The lowest BCUT2D eigenvalue weighted by atomic mass is 10.2. The van der Waals surface area contributed by atoms with Gasteiger partial charge in [-0.2, -0.15) is 16.7 Å². The predicted molar refractivity (Wildman–Crippen MR) is 69.0 cm³/mol. The van der Waals surface area contributed by atoms with Crippen LogP contribution in [0.1, 0.15) is 31.1 Å². The van der Waals surface area contributed by atoms with Crippen LogP contribution >= 0.6 is 11.8 Å².